The maximum absolute atomic E-state index is 11.1. The van der Waals surface area contributed by atoms with Gasteiger partial charge in [-0.3, -0.25) is 4.79 Å². The van der Waals surface area contributed by atoms with Crippen LogP contribution in [0.3, 0.4) is 0 Å². The third-order valence-electron chi connectivity index (χ3n) is 6.95. The summed E-state index contributed by atoms with van der Waals surface area (Å²) in [6, 6.07) is 3.97. The molecule has 0 aliphatic carbocycles. The van der Waals surface area contributed by atoms with E-state index < -0.39 is 5.60 Å². The highest BCUT2D eigenvalue weighted by Crippen LogP contribution is 2.42. The van der Waals surface area contributed by atoms with E-state index in [1.165, 1.54) is 11.1 Å². The highest BCUT2D eigenvalue weighted by atomic mass is 31.0. The quantitative estimate of drug-likeness (QED) is 0.272. The van der Waals surface area contributed by atoms with Gasteiger partial charge in [-0.15, -0.1) is 0 Å². The molecule has 0 saturated carbocycles. The molecule has 2 aliphatic heterocycles. The van der Waals surface area contributed by atoms with E-state index in [-0.39, 0.29) is 5.60 Å². The zero-order valence-corrected chi connectivity index (χ0v) is 23.4. The SMILES string of the molecule is C=C[C@]1(C)CCc2c(C)c(OP)cc(C)c2O1.Cc1cc(OP)c(C)c2c1O[C@](C)(C=O)CC2. The van der Waals surface area contributed by atoms with Gasteiger partial charge in [0.1, 0.15) is 28.6 Å². The summed E-state index contributed by atoms with van der Waals surface area (Å²) >= 11 is 0. The van der Waals surface area contributed by atoms with Crippen molar-refractivity contribution >= 4 is 25.2 Å². The Morgan fingerprint density at radius 1 is 0.853 bits per heavy atom. The van der Waals surface area contributed by atoms with Gasteiger partial charge in [0.05, 0.1) is 18.9 Å². The van der Waals surface area contributed by atoms with Crippen molar-refractivity contribution in [1.82, 2.24) is 0 Å². The van der Waals surface area contributed by atoms with Gasteiger partial charge in [0, 0.05) is 11.1 Å². The topological polar surface area (TPSA) is 54.0 Å². The molecule has 0 amide bonds. The summed E-state index contributed by atoms with van der Waals surface area (Å²) in [5.74, 6) is 3.61. The molecule has 0 N–H and O–H groups in total. The van der Waals surface area contributed by atoms with Crippen molar-refractivity contribution < 1.29 is 23.3 Å². The molecule has 5 nitrogen and oxygen atoms in total. The van der Waals surface area contributed by atoms with E-state index in [1.807, 2.05) is 39.0 Å². The molecule has 34 heavy (non-hydrogen) atoms. The third kappa shape index (κ3) is 5.11. The Bertz CT molecular complexity index is 1030. The molecule has 2 aromatic carbocycles. The van der Waals surface area contributed by atoms with Crippen LogP contribution in [0.1, 0.15) is 60.1 Å². The molecular formula is C27H36O5P2. The molecule has 4 atom stereocenters. The van der Waals surface area contributed by atoms with E-state index in [0.29, 0.717) is 6.42 Å². The molecule has 2 heterocycles. The molecule has 184 valence electrons. The molecular weight excluding hydrogens is 466 g/mol. The maximum Gasteiger partial charge on any atom is 0.163 e. The Labute approximate surface area is 208 Å². The summed E-state index contributed by atoms with van der Waals surface area (Å²) in [7, 11) is 4.58. The van der Waals surface area contributed by atoms with Crippen LogP contribution < -0.4 is 18.5 Å². The zero-order valence-electron chi connectivity index (χ0n) is 21.0. The van der Waals surface area contributed by atoms with Crippen molar-refractivity contribution in [2.24, 2.45) is 0 Å². The summed E-state index contributed by atoms with van der Waals surface area (Å²) in [6.45, 7) is 15.9. The van der Waals surface area contributed by atoms with Crippen molar-refractivity contribution in [1.29, 1.82) is 0 Å². The largest absolute Gasteiger partial charge is 0.483 e. The van der Waals surface area contributed by atoms with Crippen LogP contribution in [-0.2, 0) is 17.6 Å². The number of aryl methyl sites for hydroxylation is 2. The number of benzene rings is 2. The second kappa shape index (κ2) is 10.3. The van der Waals surface area contributed by atoms with Crippen molar-refractivity contribution in [3.63, 3.8) is 0 Å². The van der Waals surface area contributed by atoms with Gasteiger partial charge in [-0.05, 0) is 108 Å². The lowest BCUT2D eigenvalue weighted by Gasteiger charge is -2.35. The minimum absolute atomic E-state index is 0.243. The zero-order chi connectivity index (χ0) is 25.3. The van der Waals surface area contributed by atoms with Gasteiger partial charge in [-0.1, -0.05) is 6.58 Å². The number of fused-ring (bicyclic) bond motifs is 2. The normalized spacial score (nSPS) is 22.6. The Morgan fingerprint density at radius 3 is 1.65 bits per heavy atom. The molecule has 0 spiro atoms. The number of aldehydes is 1. The summed E-state index contributed by atoms with van der Waals surface area (Å²) in [5, 5.41) is 0. The molecule has 4 rings (SSSR count). The Balaban J connectivity index is 0.000000191. The molecule has 2 aliphatic rings. The van der Waals surface area contributed by atoms with Crippen LogP contribution in [0, 0.1) is 27.7 Å². The first-order valence-corrected chi connectivity index (χ1v) is 12.4. The van der Waals surface area contributed by atoms with Crippen molar-refractivity contribution in [2.75, 3.05) is 0 Å². The first kappa shape index (κ1) is 26.5. The van der Waals surface area contributed by atoms with Crippen LogP contribution in [0.4, 0.5) is 0 Å². The van der Waals surface area contributed by atoms with Gasteiger partial charge in [-0.25, -0.2) is 0 Å². The van der Waals surface area contributed by atoms with Crippen LogP contribution in [-0.4, -0.2) is 17.5 Å². The number of hydrogen-bond acceptors (Lipinski definition) is 5. The predicted octanol–water partition coefficient (Wildman–Crippen LogP) is 6.50. The van der Waals surface area contributed by atoms with E-state index in [1.54, 1.807) is 0 Å². The Morgan fingerprint density at radius 2 is 1.26 bits per heavy atom. The molecule has 2 aromatic rings. The van der Waals surface area contributed by atoms with E-state index >= 15 is 0 Å². The van der Waals surface area contributed by atoms with E-state index in [2.05, 4.69) is 46.3 Å². The molecule has 2 unspecified atom stereocenters. The van der Waals surface area contributed by atoms with Crippen LogP contribution in [0.2, 0.25) is 0 Å². The average molecular weight is 503 g/mol. The smallest absolute Gasteiger partial charge is 0.163 e. The lowest BCUT2D eigenvalue weighted by molar-refractivity contribution is -0.121. The molecule has 0 fully saturated rings. The van der Waals surface area contributed by atoms with Crippen molar-refractivity contribution in [3.8, 4) is 23.0 Å². The fraction of sp³-hybridized carbons (Fsp3) is 0.444. The lowest BCUT2D eigenvalue weighted by Crippen LogP contribution is -2.38. The summed E-state index contributed by atoms with van der Waals surface area (Å²) in [4.78, 5) is 11.1. The molecule has 0 aromatic heterocycles. The molecule has 0 bridgehead atoms. The van der Waals surface area contributed by atoms with Crippen LogP contribution >= 0.6 is 18.9 Å². The van der Waals surface area contributed by atoms with Gasteiger partial charge < -0.3 is 18.5 Å². The first-order chi connectivity index (χ1) is 16.0. The van der Waals surface area contributed by atoms with E-state index in [4.69, 9.17) is 18.5 Å². The monoisotopic (exact) mass is 502 g/mol. The van der Waals surface area contributed by atoms with E-state index in [0.717, 1.165) is 70.8 Å². The van der Waals surface area contributed by atoms with Gasteiger partial charge in [0.2, 0.25) is 0 Å². The highest BCUT2D eigenvalue weighted by molar-refractivity contribution is 7.10. The molecule has 0 radical (unpaired) electrons. The van der Waals surface area contributed by atoms with Crippen molar-refractivity contribution in [2.45, 2.75) is 78.4 Å². The Hall–Kier alpha value is -2.09. The molecule has 7 heteroatoms. The Kier molecular flexibility index (Phi) is 8.00. The van der Waals surface area contributed by atoms with Gasteiger partial charge in [-0.2, -0.15) is 0 Å². The van der Waals surface area contributed by atoms with Crippen LogP contribution in [0.5, 0.6) is 23.0 Å². The number of hydrogen-bond donors (Lipinski definition) is 0. The number of ether oxygens (including phenoxy) is 2. The number of rotatable bonds is 4. The summed E-state index contributed by atoms with van der Waals surface area (Å²) in [6.07, 6.45) is 6.31. The minimum Gasteiger partial charge on any atom is -0.483 e. The van der Waals surface area contributed by atoms with Gasteiger partial charge >= 0.3 is 0 Å². The average Bonchev–Trinajstić information content (AvgIpc) is 2.84. The van der Waals surface area contributed by atoms with Crippen LogP contribution in [0.15, 0.2) is 24.8 Å². The molecule has 0 saturated heterocycles. The highest BCUT2D eigenvalue weighted by Gasteiger charge is 2.34. The third-order valence-corrected chi connectivity index (χ3v) is 7.46. The van der Waals surface area contributed by atoms with Crippen molar-refractivity contribution in [3.05, 3.63) is 58.2 Å². The minimum atomic E-state index is -0.687. The predicted molar refractivity (Wildman–Crippen MR) is 143 cm³/mol. The van der Waals surface area contributed by atoms with Crippen LogP contribution in [0.25, 0.3) is 0 Å². The summed E-state index contributed by atoms with van der Waals surface area (Å²) in [5.41, 5.74) is 5.89. The number of carbonyl (C=O) groups excluding carboxylic acids is 1. The standard InChI is InChI=1S/C14H19O2P.C13H17O3P/c1-5-14(4)7-6-11-10(3)12(16-17)8-9(2)13(11)15-14;1-8-6-11(16-17)9(2)10-4-5-13(3,7-14)15-12(8)10/h5,8H,1,6-7,17H2,2-4H3;6-7H,4-5,17H2,1-3H3/t14-;13-/m10/s1. The van der Waals surface area contributed by atoms with E-state index in [9.17, 15) is 4.79 Å². The fourth-order valence-electron chi connectivity index (χ4n) is 4.53. The second-order valence-electron chi connectivity index (χ2n) is 9.64. The number of carbonyl (C=O) groups is 1. The maximum atomic E-state index is 11.1. The van der Waals surface area contributed by atoms with Gasteiger partial charge in [0.15, 0.2) is 11.9 Å². The lowest BCUT2D eigenvalue weighted by atomic mass is 9.89. The fourth-order valence-corrected chi connectivity index (χ4v) is 5.02. The second-order valence-corrected chi connectivity index (χ2v) is 10.1. The first-order valence-electron chi connectivity index (χ1n) is 11.5. The summed E-state index contributed by atoms with van der Waals surface area (Å²) < 4.78 is 22.5. The van der Waals surface area contributed by atoms with Gasteiger partial charge in [0.25, 0.3) is 0 Å².